The normalized spacial score (nSPS) is 18.6. The van der Waals surface area contributed by atoms with Gasteiger partial charge in [-0.2, -0.15) is 0 Å². The molecule has 3 rings (SSSR count). The van der Waals surface area contributed by atoms with Crippen LogP contribution in [0.3, 0.4) is 0 Å². The summed E-state index contributed by atoms with van der Waals surface area (Å²) in [4.78, 5) is 22.8. The number of hydrogen-bond donors (Lipinski definition) is 2. The van der Waals surface area contributed by atoms with Crippen LogP contribution in [0, 0.1) is 5.92 Å². The van der Waals surface area contributed by atoms with Crippen LogP contribution in [-0.4, -0.2) is 42.1 Å². The van der Waals surface area contributed by atoms with Crippen LogP contribution in [0.2, 0.25) is 0 Å². The number of nitrogens with zero attached hydrogens (tertiary/aromatic N) is 3. The van der Waals surface area contributed by atoms with Gasteiger partial charge in [0.15, 0.2) is 0 Å². The molecule has 1 saturated heterocycles. The van der Waals surface area contributed by atoms with Crippen molar-refractivity contribution in [3.8, 4) is 0 Å². The Labute approximate surface area is 131 Å². The molecule has 0 bridgehead atoms. The number of anilines is 2. The van der Waals surface area contributed by atoms with E-state index >= 15 is 0 Å². The van der Waals surface area contributed by atoms with Gasteiger partial charge in [0.25, 0.3) is 0 Å². The van der Waals surface area contributed by atoms with E-state index in [1.807, 2.05) is 6.07 Å². The van der Waals surface area contributed by atoms with Gasteiger partial charge in [0.1, 0.15) is 18.0 Å². The standard InChI is InChI=1S/C16H25N5O/c22-16(13-5-1-2-6-13)18-8-7-17-14-11-15(20-12-19-14)21-9-3-4-10-21/h11-13H,1-10H2,(H,18,22)(H,17,19,20). The third-order valence-corrected chi connectivity index (χ3v) is 4.54. The fraction of sp³-hybridized carbons (Fsp3) is 0.688. The Kier molecular flexibility index (Phi) is 5.08. The molecule has 0 unspecified atom stereocenters. The van der Waals surface area contributed by atoms with Gasteiger partial charge in [-0.1, -0.05) is 12.8 Å². The van der Waals surface area contributed by atoms with Gasteiger partial charge in [0, 0.05) is 38.2 Å². The maximum atomic E-state index is 11.9. The zero-order chi connectivity index (χ0) is 15.2. The molecule has 6 nitrogen and oxygen atoms in total. The molecule has 2 aliphatic rings. The molecule has 22 heavy (non-hydrogen) atoms. The molecule has 1 aliphatic carbocycles. The molecular weight excluding hydrogens is 278 g/mol. The average Bonchev–Trinajstić information content (AvgIpc) is 3.24. The Morgan fingerprint density at radius 1 is 1.14 bits per heavy atom. The summed E-state index contributed by atoms with van der Waals surface area (Å²) >= 11 is 0. The summed E-state index contributed by atoms with van der Waals surface area (Å²) in [5, 5.41) is 6.27. The van der Waals surface area contributed by atoms with E-state index in [0.29, 0.717) is 13.1 Å². The van der Waals surface area contributed by atoms with Crippen LogP contribution in [0.1, 0.15) is 38.5 Å². The van der Waals surface area contributed by atoms with Gasteiger partial charge in [-0.05, 0) is 25.7 Å². The monoisotopic (exact) mass is 303 g/mol. The average molecular weight is 303 g/mol. The molecule has 2 fully saturated rings. The Morgan fingerprint density at radius 2 is 1.91 bits per heavy atom. The Morgan fingerprint density at radius 3 is 2.68 bits per heavy atom. The quantitative estimate of drug-likeness (QED) is 0.784. The largest absolute Gasteiger partial charge is 0.368 e. The summed E-state index contributed by atoms with van der Waals surface area (Å²) in [7, 11) is 0. The SMILES string of the molecule is O=C(NCCNc1cc(N2CCCC2)ncn1)C1CCCC1. The van der Waals surface area contributed by atoms with Crippen molar-refractivity contribution in [3.63, 3.8) is 0 Å². The van der Waals surface area contributed by atoms with Gasteiger partial charge in [0.05, 0.1) is 0 Å². The summed E-state index contributed by atoms with van der Waals surface area (Å²) in [6, 6.07) is 1.99. The lowest BCUT2D eigenvalue weighted by Gasteiger charge is -2.17. The van der Waals surface area contributed by atoms with Crippen LogP contribution < -0.4 is 15.5 Å². The van der Waals surface area contributed by atoms with E-state index in [-0.39, 0.29) is 11.8 Å². The smallest absolute Gasteiger partial charge is 0.223 e. The predicted octanol–water partition coefficient (Wildman–Crippen LogP) is 1.80. The maximum Gasteiger partial charge on any atom is 0.223 e. The third kappa shape index (κ3) is 3.87. The van der Waals surface area contributed by atoms with Gasteiger partial charge in [-0.15, -0.1) is 0 Å². The van der Waals surface area contributed by atoms with Crippen LogP contribution in [0.25, 0.3) is 0 Å². The van der Waals surface area contributed by atoms with E-state index in [0.717, 1.165) is 37.6 Å². The fourth-order valence-electron chi connectivity index (χ4n) is 3.27. The molecule has 0 radical (unpaired) electrons. The van der Waals surface area contributed by atoms with Gasteiger partial charge < -0.3 is 15.5 Å². The maximum absolute atomic E-state index is 11.9. The van der Waals surface area contributed by atoms with Crippen molar-refractivity contribution in [2.24, 2.45) is 5.92 Å². The number of hydrogen-bond acceptors (Lipinski definition) is 5. The van der Waals surface area contributed by atoms with Gasteiger partial charge in [0.2, 0.25) is 5.91 Å². The lowest BCUT2D eigenvalue weighted by Crippen LogP contribution is -2.33. The molecule has 1 aromatic heterocycles. The second-order valence-corrected chi connectivity index (χ2v) is 6.15. The van der Waals surface area contributed by atoms with Crippen molar-refractivity contribution in [1.82, 2.24) is 15.3 Å². The molecule has 1 aromatic rings. The molecule has 2 heterocycles. The Balaban J connectivity index is 1.41. The second kappa shape index (κ2) is 7.42. The van der Waals surface area contributed by atoms with Crippen LogP contribution in [0.15, 0.2) is 12.4 Å². The van der Waals surface area contributed by atoms with Crippen molar-refractivity contribution in [2.45, 2.75) is 38.5 Å². The lowest BCUT2D eigenvalue weighted by molar-refractivity contribution is -0.124. The Hall–Kier alpha value is -1.85. The van der Waals surface area contributed by atoms with E-state index in [2.05, 4.69) is 25.5 Å². The van der Waals surface area contributed by atoms with Crippen LogP contribution >= 0.6 is 0 Å². The summed E-state index contributed by atoms with van der Waals surface area (Å²) < 4.78 is 0. The van der Waals surface area contributed by atoms with E-state index in [1.165, 1.54) is 25.7 Å². The van der Waals surface area contributed by atoms with Crippen molar-refractivity contribution >= 4 is 17.5 Å². The van der Waals surface area contributed by atoms with Crippen LogP contribution in [0.4, 0.5) is 11.6 Å². The fourth-order valence-corrected chi connectivity index (χ4v) is 3.27. The van der Waals surface area contributed by atoms with Gasteiger partial charge in [-0.3, -0.25) is 4.79 Å². The lowest BCUT2D eigenvalue weighted by atomic mass is 10.1. The summed E-state index contributed by atoms with van der Waals surface area (Å²) in [5.41, 5.74) is 0. The summed E-state index contributed by atoms with van der Waals surface area (Å²) in [6.07, 6.45) is 8.55. The van der Waals surface area contributed by atoms with Gasteiger partial charge >= 0.3 is 0 Å². The highest BCUT2D eigenvalue weighted by molar-refractivity contribution is 5.78. The highest BCUT2D eigenvalue weighted by Crippen LogP contribution is 2.24. The van der Waals surface area contributed by atoms with E-state index < -0.39 is 0 Å². The molecule has 0 aromatic carbocycles. The van der Waals surface area contributed by atoms with Crippen LogP contribution in [0.5, 0.6) is 0 Å². The molecule has 1 aliphatic heterocycles. The van der Waals surface area contributed by atoms with E-state index in [9.17, 15) is 4.79 Å². The zero-order valence-electron chi connectivity index (χ0n) is 13.1. The first kappa shape index (κ1) is 15.1. The summed E-state index contributed by atoms with van der Waals surface area (Å²) in [6.45, 7) is 3.48. The molecule has 1 saturated carbocycles. The first-order valence-electron chi connectivity index (χ1n) is 8.41. The highest BCUT2D eigenvalue weighted by Gasteiger charge is 2.21. The van der Waals surface area contributed by atoms with Crippen molar-refractivity contribution in [1.29, 1.82) is 0 Å². The summed E-state index contributed by atoms with van der Waals surface area (Å²) in [5.74, 6) is 2.26. The third-order valence-electron chi connectivity index (χ3n) is 4.54. The predicted molar refractivity (Wildman–Crippen MR) is 86.9 cm³/mol. The van der Waals surface area contributed by atoms with E-state index in [1.54, 1.807) is 6.33 Å². The first-order chi connectivity index (χ1) is 10.8. The van der Waals surface area contributed by atoms with Crippen molar-refractivity contribution in [3.05, 3.63) is 12.4 Å². The highest BCUT2D eigenvalue weighted by atomic mass is 16.1. The molecule has 1 amide bonds. The van der Waals surface area contributed by atoms with Gasteiger partial charge in [-0.25, -0.2) is 9.97 Å². The minimum Gasteiger partial charge on any atom is -0.368 e. The van der Waals surface area contributed by atoms with E-state index in [4.69, 9.17) is 0 Å². The molecular formula is C16H25N5O. The number of amides is 1. The van der Waals surface area contributed by atoms with Crippen molar-refractivity contribution < 1.29 is 4.79 Å². The molecule has 2 N–H and O–H groups in total. The Bertz CT molecular complexity index is 495. The van der Waals surface area contributed by atoms with Crippen LogP contribution in [-0.2, 0) is 4.79 Å². The van der Waals surface area contributed by atoms with Crippen molar-refractivity contribution in [2.75, 3.05) is 36.4 Å². The number of nitrogens with one attached hydrogen (secondary N) is 2. The first-order valence-corrected chi connectivity index (χ1v) is 8.41. The second-order valence-electron chi connectivity index (χ2n) is 6.15. The number of aromatic nitrogens is 2. The minimum absolute atomic E-state index is 0.208. The number of carbonyl (C=O) groups is 1. The molecule has 6 heteroatoms. The molecule has 120 valence electrons. The topological polar surface area (TPSA) is 70.2 Å². The molecule has 0 atom stereocenters. The number of rotatable bonds is 6. The number of carbonyl (C=O) groups excluding carboxylic acids is 1. The molecule has 0 spiro atoms. The minimum atomic E-state index is 0.208. The zero-order valence-corrected chi connectivity index (χ0v) is 13.1.